The number of nitrogens with one attached hydrogen (secondary N) is 1. The maximum atomic E-state index is 12.6. The first-order chi connectivity index (χ1) is 12.3. The van der Waals surface area contributed by atoms with Gasteiger partial charge in [-0.15, -0.1) is 0 Å². The topological polar surface area (TPSA) is 104 Å². The summed E-state index contributed by atoms with van der Waals surface area (Å²) in [6.07, 6.45) is 1.22. The molecule has 0 radical (unpaired) electrons. The van der Waals surface area contributed by atoms with Gasteiger partial charge in [0.25, 0.3) is 11.5 Å². The highest BCUT2D eigenvalue weighted by molar-refractivity contribution is 7.88. The lowest BCUT2D eigenvalue weighted by molar-refractivity contribution is 0.0732. The Kier molecular flexibility index (Phi) is 4.00. The molecule has 2 aromatic rings. The zero-order valence-corrected chi connectivity index (χ0v) is 15.0. The van der Waals surface area contributed by atoms with Crippen molar-refractivity contribution in [1.82, 2.24) is 14.4 Å². The molecule has 0 spiro atoms. The van der Waals surface area contributed by atoms with Crippen molar-refractivity contribution in [2.24, 2.45) is 11.8 Å². The number of rotatable bonds is 3. The van der Waals surface area contributed by atoms with E-state index in [1.165, 1.54) is 10.6 Å². The second-order valence-electron chi connectivity index (χ2n) is 6.90. The molecule has 1 aromatic carbocycles. The van der Waals surface area contributed by atoms with Crippen LogP contribution in [0.5, 0.6) is 0 Å². The van der Waals surface area contributed by atoms with Crippen LogP contribution in [-0.4, -0.2) is 54.6 Å². The van der Waals surface area contributed by atoms with Crippen molar-refractivity contribution < 1.29 is 17.7 Å². The Morgan fingerprint density at radius 3 is 2.54 bits per heavy atom. The Morgan fingerprint density at radius 2 is 1.92 bits per heavy atom. The predicted octanol–water partition coefficient (Wildman–Crippen LogP) is 0.673. The average molecular weight is 377 g/mol. The number of carbonyl (C=O) groups excluding carboxylic acids is 1. The van der Waals surface area contributed by atoms with Gasteiger partial charge in [0.1, 0.15) is 0 Å². The third kappa shape index (κ3) is 2.86. The van der Waals surface area contributed by atoms with E-state index in [4.69, 9.17) is 4.52 Å². The van der Waals surface area contributed by atoms with Crippen LogP contribution in [0.3, 0.4) is 0 Å². The summed E-state index contributed by atoms with van der Waals surface area (Å²) in [7, 11) is -3.36. The lowest BCUT2D eigenvalue weighted by atomic mass is 9.90. The summed E-state index contributed by atoms with van der Waals surface area (Å²) in [6, 6.07) is 10.3. The second-order valence-corrected chi connectivity index (χ2v) is 8.83. The van der Waals surface area contributed by atoms with Crippen LogP contribution in [0.15, 0.2) is 45.7 Å². The van der Waals surface area contributed by atoms with Crippen molar-refractivity contribution in [3.63, 3.8) is 0 Å². The number of likely N-dealkylation sites (tertiary alicyclic amines) is 1. The van der Waals surface area contributed by atoms with E-state index in [0.717, 1.165) is 11.6 Å². The number of aromatic amines is 1. The molecule has 2 saturated heterocycles. The number of aromatic nitrogens is 1. The third-order valence-electron chi connectivity index (χ3n) is 5.21. The maximum Gasteiger partial charge on any atom is 0.292 e. The molecule has 26 heavy (non-hydrogen) atoms. The Morgan fingerprint density at radius 1 is 1.19 bits per heavy atom. The molecule has 9 heteroatoms. The highest BCUT2D eigenvalue weighted by Gasteiger charge is 2.51. The number of hydrogen-bond acceptors (Lipinski definition) is 5. The number of fused-ring (bicyclic) bond motifs is 1. The van der Waals surface area contributed by atoms with E-state index in [1.54, 1.807) is 4.90 Å². The molecule has 4 rings (SSSR count). The third-order valence-corrected chi connectivity index (χ3v) is 6.44. The molecule has 8 nitrogen and oxygen atoms in total. The Balaban J connectivity index is 1.63. The summed E-state index contributed by atoms with van der Waals surface area (Å²) in [4.78, 5) is 25.4. The molecule has 2 aliphatic rings. The average Bonchev–Trinajstić information content (AvgIpc) is 3.27. The van der Waals surface area contributed by atoms with Gasteiger partial charge in [0.05, 0.1) is 18.4 Å². The molecule has 1 amide bonds. The fraction of sp³-hybridized carbons (Fsp3) is 0.412. The second kappa shape index (κ2) is 6.10. The van der Waals surface area contributed by atoms with Crippen LogP contribution in [0, 0.1) is 11.8 Å². The van der Waals surface area contributed by atoms with Gasteiger partial charge in [0, 0.05) is 25.6 Å². The van der Waals surface area contributed by atoms with Crippen LogP contribution < -0.4 is 5.56 Å². The van der Waals surface area contributed by atoms with E-state index in [9.17, 15) is 18.0 Å². The van der Waals surface area contributed by atoms with Gasteiger partial charge in [-0.1, -0.05) is 30.3 Å². The first-order valence-corrected chi connectivity index (χ1v) is 10.2. The van der Waals surface area contributed by atoms with E-state index in [1.807, 2.05) is 30.3 Å². The molecule has 3 heterocycles. The van der Waals surface area contributed by atoms with Crippen LogP contribution >= 0.6 is 0 Å². The van der Waals surface area contributed by atoms with Crippen LogP contribution in [0.1, 0.15) is 22.2 Å². The normalized spacial score (nSPS) is 26.2. The van der Waals surface area contributed by atoms with Crippen LogP contribution in [0.4, 0.5) is 0 Å². The molecular formula is C17H19N3O5S. The van der Waals surface area contributed by atoms with Crippen LogP contribution in [-0.2, 0) is 10.0 Å². The van der Waals surface area contributed by atoms with Gasteiger partial charge in [-0.05, 0) is 11.5 Å². The molecule has 2 fully saturated rings. The van der Waals surface area contributed by atoms with Crippen LogP contribution in [0.25, 0.3) is 0 Å². The zero-order chi connectivity index (χ0) is 18.5. The van der Waals surface area contributed by atoms with Gasteiger partial charge in [0.15, 0.2) is 0 Å². The van der Waals surface area contributed by atoms with Crippen molar-refractivity contribution in [3.05, 3.63) is 58.1 Å². The van der Waals surface area contributed by atoms with Crippen molar-refractivity contribution in [3.8, 4) is 0 Å². The molecule has 1 aromatic heterocycles. The van der Waals surface area contributed by atoms with E-state index in [0.29, 0.717) is 19.6 Å². The van der Waals surface area contributed by atoms with Crippen molar-refractivity contribution >= 4 is 15.9 Å². The maximum absolute atomic E-state index is 12.6. The first kappa shape index (κ1) is 17.0. The molecule has 0 unspecified atom stereocenters. The summed E-state index contributed by atoms with van der Waals surface area (Å²) >= 11 is 0. The van der Waals surface area contributed by atoms with E-state index in [-0.39, 0.29) is 29.5 Å². The minimum Gasteiger partial charge on any atom is -0.373 e. The standard InChI is InChI=1S/C17H19N3O5S/c1-26(23,24)20-9-12-8-19(17(22)14-7-15(21)18-25-14)10-13(12)16(20)11-5-3-2-4-6-11/h2-7,12-13,16H,8-10H2,1H3,(H,18,21)/t12-,13-,16+/m1/s1. The monoisotopic (exact) mass is 377 g/mol. The predicted molar refractivity (Wildman–Crippen MR) is 92.9 cm³/mol. The lowest BCUT2D eigenvalue weighted by Gasteiger charge is -2.28. The quantitative estimate of drug-likeness (QED) is 0.847. The van der Waals surface area contributed by atoms with Gasteiger partial charge >= 0.3 is 0 Å². The van der Waals surface area contributed by atoms with Gasteiger partial charge in [-0.2, -0.15) is 9.46 Å². The van der Waals surface area contributed by atoms with Gasteiger partial charge in [-0.3, -0.25) is 9.59 Å². The Labute approximate surface area is 150 Å². The number of amides is 1. The minimum absolute atomic E-state index is 0.00161. The molecule has 2 aliphatic heterocycles. The summed E-state index contributed by atoms with van der Waals surface area (Å²) < 4.78 is 31.0. The lowest BCUT2D eigenvalue weighted by Crippen LogP contribution is -2.37. The van der Waals surface area contributed by atoms with Gasteiger partial charge in [0.2, 0.25) is 15.8 Å². The highest BCUT2D eigenvalue weighted by Crippen LogP contribution is 2.46. The van der Waals surface area contributed by atoms with Crippen molar-refractivity contribution in [2.75, 3.05) is 25.9 Å². The smallest absolute Gasteiger partial charge is 0.292 e. The molecule has 1 N–H and O–H groups in total. The number of carbonyl (C=O) groups is 1. The fourth-order valence-electron chi connectivity index (χ4n) is 4.12. The molecule has 0 bridgehead atoms. The number of H-pyrrole nitrogens is 1. The van der Waals surface area contributed by atoms with E-state index in [2.05, 4.69) is 5.16 Å². The molecule has 138 valence electrons. The van der Waals surface area contributed by atoms with E-state index < -0.39 is 15.6 Å². The SMILES string of the molecule is CS(=O)(=O)N1C[C@H]2CN(C(=O)c3cc(=O)[nH]o3)C[C@H]2[C@@H]1c1ccccc1. The largest absolute Gasteiger partial charge is 0.373 e. The van der Waals surface area contributed by atoms with Crippen molar-refractivity contribution in [2.45, 2.75) is 6.04 Å². The number of hydrogen-bond donors (Lipinski definition) is 1. The van der Waals surface area contributed by atoms with Gasteiger partial charge < -0.3 is 9.42 Å². The number of nitrogens with zero attached hydrogens (tertiary/aromatic N) is 2. The zero-order valence-electron chi connectivity index (χ0n) is 14.2. The number of benzene rings is 1. The fourth-order valence-corrected chi connectivity index (χ4v) is 5.27. The summed E-state index contributed by atoms with van der Waals surface area (Å²) in [6.45, 7) is 1.24. The highest BCUT2D eigenvalue weighted by atomic mass is 32.2. The van der Waals surface area contributed by atoms with Gasteiger partial charge in [-0.25, -0.2) is 8.42 Å². The first-order valence-electron chi connectivity index (χ1n) is 8.34. The van der Waals surface area contributed by atoms with E-state index >= 15 is 0 Å². The Hall–Kier alpha value is -2.39. The molecule has 3 atom stereocenters. The molecule has 0 aliphatic carbocycles. The summed E-state index contributed by atoms with van der Waals surface area (Å²) in [5.41, 5.74) is 0.464. The Bertz CT molecular complexity index is 981. The van der Waals surface area contributed by atoms with Crippen molar-refractivity contribution in [1.29, 1.82) is 0 Å². The van der Waals surface area contributed by atoms with Crippen LogP contribution in [0.2, 0.25) is 0 Å². The molecule has 0 saturated carbocycles. The minimum atomic E-state index is -3.36. The summed E-state index contributed by atoms with van der Waals surface area (Å²) in [5, 5.41) is 2.12. The molecular weight excluding hydrogens is 358 g/mol. The number of sulfonamides is 1. The summed E-state index contributed by atoms with van der Waals surface area (Å²) in [5.74, 6) is -0.326.